The summed E-state index contributed by atoms with van der Waals surface area (Å²) in [6.07, 6.45) is 4.58. The average molecular weight is 313 g/mol. The lowest BCUT2D eigenvalue weighted by atomic mass is 9.79. The van der Waals surface area contributed by atoms with Gasteiger partial charge in [-0.2, -0.15) is 5.10 Å². The maximum Gasteiger partial charge on any atom is 0.136 e. The van der Waals surface area contributed by atoms with E-state index in [1.807, 2.05) is 11.7 Å². The smallest absolute Gasteiger partial charge is 0.136 e. The number of ketones is 1. The molecule has 1 aromatic rings. The first-order valence-corrected chi connectivity index (χ1v) is 7.55. The summed E-state index contributed by atoms with van der Waals surface area (Å²) in [7, 11) is 1.97. The van der Waals surface area contributed by atoms with Crippen molar-refractivity contribution in [1.29, 1.82) is 0 Å². The van der Waals surface area contributed by atoms with E-state index >= 15 is 0 Å². The number of nitrogens with zero attached hydrogens (tertiary/aromatic N) is 2. The summed E-state index contributed by atoms with van der Waals surface area (Å²) in [5, 5.41) is 4.50. The summed E-state index contributed by atoms with van der Waals surface area (Å²) in [6.45, 7) is 4.35. The molecular weight excluding hydrogens is 292 g/mol. The third-order valence-electron chi connectivity index (χ3n) is 3.97. The molecule has 1 saturated carbocycles. The first-order chi connectivity index (χ1) is 8.52. The Kier molecular flexibility index (Phi) is 4.25. The average Bonchev–Trinajstić information content (AvgIpc) is 2.61. The second-order valence-electron chi connectivity index (χ2n) is 5.43. The van der Waals surface area contributed by atoms with Crippen molar-refractivity contribution >= 4 is 21.7 Å². The van der Waals surface area contributed by atoms with Crippen molar-refractivity contribution in [3.63, 3.8) is 0 Å². The zero-order valence-electron chi connectivity index (χ0n) is 11.4. The zero-order chi connectivity index (χ0) is 13.3. The molecule has 1 aliphatic carbocycles. The monoisotopic (exact) mass is 312 g/mol. The Labute approximate surface area is 117 Å². The molecule has 3 nitrogen and oxygen atoms in total. The number of Topliss-reactive ketones (excluding diaryl/α,β-unsaturated/α-hetero) is 1. The fourth-order valence-corrected chi connectivity index (χ4v) is 3.58. The first-order valence-electron chi connectivity index (χ1n) is 6.75. The van der Waals surface area contributed by atoms with Gasteiger partial charge in [-0.15, -0.1) is 0 Å². The van der Waals surface area contributed by atoms with Gasteiger partial charge in [0.05, 0.1) is 15.9 Å². The van der Waals surface area contributed by atoms with Crippen molar-refractivity contribution < 1.29 is 4.79 Å². The number of rotatable bonds is 3. The molecule has 1 aromatic heterocycles. The van der Waals surface area contributed by atoms with Gasteiger partial charge in [0.1, 0.15) is 5.78 Å². The molecule has 2 atom stereocenters. The number of hydrogen-bond donors (Lipinski definition) is 0. The van der Waals surface area contributed by atoms with E-state index in [1.165, 1.54) is 5.69 Å². The van der Waals surface area contributed by atoms with Crippen LogP contribution in [-0.2, 0) is 24.7 Å². The Morgan fingerprint density at radius 3 is 2.83 bits per heavy atom. The molecule has 2 rings (SSSR count). The molecule has 4 heteroatoms. The molecule has 0 bridgehead atoms. The van der Waals surface area contributed by atoms with Crippen molar-refractivity contribution in [2.24, 2.45) is 18.9 Å². The van der Waals surface area contributed by atoms with E-state index in [9.17, 15) is 4.79 Å². The van der Waals surface area contributed by atoms with E-state index in [2.05, 4.69) is 34.9 Å². The fourth-order valence-electron chi connectivity index (χ4n) is 2.80. The minimum Gasteiger partial charge on any atom is -0.299 e. The van der Waals surface area contributed by atoms with E-state index in [0.29, 0.717) is 11.7 Å². The largest absolute Gasteiger partial charge is 0.299 e. The van der Waals surface area contributed by atoms with Gasteiger partial charge in [-0.3, -0.25) is 9.48 Å². The standard InChI is InChI=1S/C14H21BrN2O/c1-4-11-14(15)12(17(3)16-11)8-10-7-9(2)5-6-13(10)18/h9-10H,4-8H2,1-3H3. The van der Waals surface area contributed by atoms with E-state index < -0.39 is 0 Å². The van der Waals surface area contributed by atoms with E-state index in [1.54, 1.807) is 0 Å². The molecule has 0 saturated heterocycles. The molecule has 1 fully saturated rings. The summed E-state index contributed by atoms with van der Waals surface area (Å²) >= 11 is 3.63. The normalized spacial score (nSPS) is 24.6. The quantitative estimate of drug-likeness (QED) is 0.858. The van der Waals surface area contributed by atoms with Crippen LogP contribution in [0.4, 0.5) is 0 Å². The minimum atomic E-state index is 0.185. The van der Waals surface area contributed by atoms with Gasteiger partial charge in [0, 0.05) is 25.8 Å². The molecule has 1 aliphatic rings. The molecular formula is C14H21BrN2O. The molecule has 0 radical (unpaired) electrons. The molecule has 18 heavy (non-hydrogen) atoms. The van der Waals surface area contributed by atoms with Crippen molar-refractivity contribution in [3.8, 4) is 0 Å². The van der Waals surface area contributed by atoms with Crippen LogP contribution in [0.2, 0.25) is 0 Å². The summed E-state index contributed by atoms with van der Waals surface area (Å²) in [5.41, 5.74) is 2.25. The van der Waals surface area contributed by atoms with E-state index in [4.69, 9.17) is 0 Å². The number of hydrogen-bond acceptors (Lipinski definition) is 2. The highest BCUT2D eigenvalue weighted by Crippen LogP contribution is 2.31. The Morgan fingerprint density at radius 1 is 1.50 bits per heavy atom. The summed E-state index contributed by atoms with van der Waals surface area (Å²) < 4.78 is 3.02. The van der Waals surface area contributed by atoms with Crippen LogP contribution >= 0.6 is 15.9 Å². The van der Waals surface area contributed by atoms with Crippen LogP contribution in [0.3, 0.4) is 0 Å². The van der Waals surface area contributed by atoms with E-state index in [0.717, 1.165) is 42.3 Å². The number of aryl methyl sites for hydroxylation is 2. The summed E-state index contributed by atoms with van der Waals surface area (Å²) in [4.78, 5) is 12.0. The number of halogens is 1. The third-order valence-corrected chi connectivity index (χ3v) is 4.88. The van der Waals surface area contributed by atoms with Crippen LogP contribution in [0.1, 0.15) is 44.5 Å². The number of aromatic nitrogens is 2. The molecule has 0 N–H and O–H groups in total. The van der Waals surface area contributed by atoms with Crippen molar-refractivity contribution in [3.05, 3.63) is 15.9 Å². The molecule has 2 unspecified atom stereocenters. The van der Waals surface area contributed by atoms with Crippen molar-refractivity contribution in [1.82, 2.24) is 9.78 Å². The zero-order valence-corrected chi connectivity index (χ0v) is 13.0. The highest BCUT2D eigenvalue weighted by molar-refractivity contribution is 9.10. The summed E-state index contributed by atoms with van der Waals surface area (Å²) in [6, 6.07) is 0. The van der Waals surface area contributed by atoms with Crippen LogP contribution in [-0.4, -0.2) is 15.6 Å². The minimum absolute atomic E-state index is 0.185. The van der Waals surface area contributed by atoms with Crippen LogP contribution in [0.5, 0.6) is 0 Å². The lowest BCUT2D eigenvalue weighted by Gasteiger charge is -2.25. The van der Waals surface area contributed by atoms with Gasteiger partial charge in [0.2, 0.25) is 0 Å². The van der Waals surface area contributed by atoms with Crippen LogP contribution in [0, 0.1) is 11.8 Å². The van der Waals surface area contributed by atoms with Crippen molar-refractivity contribution in [2.45, 2.75) is 46.0 Å². The van der Waals surface area contributed by atoms with Gasteiger partial charge in [-0.05, 0) is 41.1 Å². The van der Waals surface area contributed by atoms with Crippen LogP contribution < -0.4 is 0 Å². The maximum absolute atomic E-state index is 12.0. The van der Waals surface area contributed by atoms with Gasteiger partial charge in [-0.1, -0.05) is 13.8 Å². The van der Waals surface area contributed by atoms with Gasteiger partial charge in [-0.25, -0.2) is 0 Å². The number of carbonyl (C=O) groups is 1. The van der Waals surface area contributed by atoms with Crippen molar-refractivity contribution in [2.75, 3.05) is 0 Å². The van der Waals surface area contributed by atoms with Crippen LogP contribution in [0.15, 0.2) is 4.47 Å². The maximum atomic E-state index is 12.0. The lowest BCUT2D eigenvalue weighted by Crippen LogP contribution is -2.26. The first kappa shape index (κ1) is 13.8. The highest BCUT2D eigenvalue weighted by Gasteiger charge is 2.28. The molecule has 0 aromatic carbocycles. The fraction of sp³-hybridized carbons (Fsp3) is 0.714. The molecule has 1 heterocycles. The Morgan fingerprint density at radius 2 is 2.22 bits per heavy atom. The Balaban J connectivity index is 2.18. The number of carbonyl (C=O) groups excluding carboxylic acids is 1. The van der Waals surface area contributed by atoms with Gasteiger partial charge in [0.25, 0.3) is 0 Å². The van der Waals surface area contributed by atoms with E-state index in [-0.39, 0.29) is 5.92 Å². The van der Waals surface area contributed by atoms with Gasteiger partial charge >= 0.3 is 0 Å². The topological polar surface area (TPSA) is 34.9 Å². The Bertz CT molecular complexity index is 453. The highest BCUT2D eigenvalue weighted by atomic mass is 79.9. The molecule has 0 aliphatic heterocycles. The second kappa shape index (κ2) is 5.55. The second-order valence-corrected chi connectivity index (χ2v) is 6.22. The summed E-state index contributed by atoms with van der Waals surface area (Å²) in [5.74, 6) is 1.29. The lowest BCUT2D eigenvalue weighted by molar-refractivity contribution is -0.125. The Hall–Kier alpha value is -0.640. The van der Waals surface area contributed by atoms with Gasteiger partial charge in [0.15, 0.2) is 0 Å². The predicted octanol–water partition coefficient (Wildman–Crippen LogP) is 3.29. The van der Waals surface area contributed by atoms with Crippen LogP contribution in [0.25, 0.3) is 0 Å². The molecule has 100 valence electrons. The predicted molar refractivity (Wildman–Crippen MR) is 75.5 cm³/mol. The van der Waals surface area contributed by atoms with Gasteiger partial charge < -0.3 is 0 Å². The SMILES string of the molecule is CCc1nn(C)c(CC2CC(C)CCC2=O)c1Br. The third kappa shape index (κ3) is 2.68. The molecule has 0 amide bonds. The molecule has 0 spiro atoms.